The molecule has 1 fully saturated rings. The summed E-state index contributed by atoms with van der Waals surface area (Å²) in [7, 11) is 0. The molecule has 1 heterocycles. The van der Waals surface area contributed by atoms with Gasteiger partial charge in [0.05, 0.1) is 5.75 Å². The van der Waals surface area contributed by atoms with Crippen LogP contribution in [0.2, 0.25) is 0 Å². The van der Waals surface area contributed by atoms with E-state index in [1.165, 1.54) is 44.4 Å². The lowest BCUT2D eigenvalue weighted by atomic mass is 10.0. The monoisotopic (exact) mass is 252 g/mol. The van der Waals surface area contributed by atoms with Gasteiger partial charge < -0.3 is 5.11 Å². The van der Waals surface area contributed by atoms with E-state index in [0.717, 1.165) is 0 Å². The third-order valence-electron chi connectivity index (χ3n) is 2.92. The first kappa shape index (κ1) is 12.4. The first-order chi connectivity index (χ1) is 8.25. The van der Waals surface area contributed by atoms with Crippen molar-refractivity contribution in [2.75, 3.05) is 0 Å². The highest BCUT2D eigenvalue weighted by Crippen LogP contribution is 2.29. The second-order valence-corrected chi connectivity index (χ2v) is 5.52. The molecule has 0 spiro atoms. The Morgan fingerprint density at radius 2 is 2.18 bits per heavy atom. The maximum atomic E-state index is 10.8. The van der Waals surface area contributed by atoms with Gasteiger partial charge in [0.1, 0.15) is 5.82 Å². The molecule has 1 aromatic heterocycles. The highest BCUT2D eigenvalue weighted by atomic mass is 32.2. The number of carbonyl (C=O) groups is 1. The van der Waals surface area contributed by atoms with Gasteiger partial charge in [-0.05, 0) is 18.9 Å². The van der Waals surface area contributed by atoms with Gasteiger partial charge in [0, 0.05) is 11.4 Å². The first-order valence-corrected chi connectivity index (χ1v) is 6.97. The summed E-state index contributed by atoms with van der Waals surface area (Å²) in [6.45, 7) is 0. The molecule has 17 heavy (non-hydrogen) atoms. The summed E-state index contributed by atoms with van der Waals surface area (Å²) in [4.78, 5) is 18.9. The van der Waals surface area contributed by atoms with Crippen LogP contribution in [-0.4, -0.2) is 26.3 Å². The molecule has 2 rings (SSSR count). The molecule has 0 amide bonds. The van der Waals surface area contributed by atoms with Crippen LogP contribution < -0.4 is 0 Å². The Kier molecular flexibility index (Phi) is 4.36. The van der Waals surface area contributed by atoms with Crippen LogP contribution in [0.5, 0.6) is 0 Å². The zero-order valence-corrected chi connectivity index (χ0v) is 10.4. The molecular formula is C12H16N2O2S. The Morgan fingerprint density at radius 3 is 2.88 bits per heavy atom. The van der Waals surface area contributed by atoms with E-state index in [1.807, 2.05) is 11.8 Å². The topological polar surface area (TPSA) is 63.1 Å². The summed E-state index contributed by atoms with van der Waals surface area (Å²) in [5.41, 5.74) is 0.0826. The quantitative estimate of drug-likeness (QED) is 0.892. The Labute approximate surface area is 105 Å². The smallest absolute Gasteiger partial charge is 0.354 e. The normalized spacial score (nSPS) is 16.9. The van der Waals surface area contributed by atoms with Crippen molar-refractivity contribution in [1.29, 1.82) is 0 Å². The second kappa shape index (κ2) is 6.00. The maximum Gasteiger partial charge on any atom is 0.354 e. The molecule has 5 heteroatoms. The molecule has 0 aliphatic heterocycles. The minimum absolute atomic E-state index is 0.0826. The van der Waals surface area contributed by atoms with Gasteiger partial charge in [-0.1, -0.05) is 19.3 Å². The molecule has 92 valence electrons. The van der Waals surface area contributed by atoms with Crippen LogP contribution in [0.3, 0.4) is 0 Å². The molecule has 1 aliphatic rings. The van der Waals surface area contributed by atoms with Gasteiger partial charge in [-0.25, -0.2) is 14.8 Å². The molecule has 0 saturated heterocycles. The molecule has 1 aromatic rings. The average Bonchev–Trinajstić information content (AvgIpc) is 2.38. The van der Waals surface area contributed by atoms with Crippen LogP contribution in [0, 0.1) is 0 Å². The second-order valence-electron chi connectivity index (χ2n) is 4.23. The molecule has 0 bridgehead atoms. The van der Waals surface area contributed by atoms with Crippen LogP contribution in [0.1, 0.15) is 48.4 Å². The van der Waals surface area contributed by atoms with Gasteiger partial charge >= 0.3 is 5.97 Å². The SMILES string of the molecule is O=C(O)c1ccnc(CSC2CCCCC2)n1. The van der Waals surface area contributed by atoms with Crippen molar-refractivity contribution in [2.45, 2.75) is 43.1 Å². The number of carboxylic acids is 1. The van der Waals surface area contributed by atoms with Crippen molar-refractivity contribution in [3.05, 3.63) is 23.8 Å². The highest BCUT2D eigenvalue weighted by molar-refractivity contribution is 7.99. The van der Waals surface area contributed by atoms with Gasteiger partial charge in [-0.3, -0.25) is 0 Å². The summed E-state index contributed by atoms with van der Waals surface area (Å²) >= 11 is 1.85. The summed E-state index contributed by atoms with van der Waals surface area (Å²) in [5, 5.41) is 9.52. The number of rotatable bonds is 4. The zero-order chi connectivity index (χ0) is 12.1. The number of hydrogen-bond acceptors (Lipinski definition) is 4. The van der Waals surface area contributed by atoms with Crippen molar-refractivity contribution >= 4 is 17.7 Å². The predicted molar refractivity (Wildman–Crippen MR) is 67.2 cm³/mol. The third kappa shape index (κ3) is 3.70. The number of thioether (sulfide) groups is 1. The van der Waals surface area contributed by atoms with Gasteiger partial charge in [-0.15, -0.1) is 0 Å². The van der Waals surface area contributed by atoms with Crippen LogP contribution in [0.25, 0.3) is 0 Å². The van der Waals surface area contributed by atoms with Gasteiger partial charge in [0.25, 0.3) is 0 Å². The number of aromatic nitrogens is 2. The molecule has 0 unspecified atom stereocenters. The summed E-state index contributed by atoms with van der Waals surface area (Å²) in [6, 6.07) is 1.43. The number of aromatic carboxylic acids is 1. The van der Waals surface area contributed by atoms with Crippen LogP contribution in [0.15, 0.2) is 12.3 Å². The van der Waals surface area contributed by atoms with E-state index >= 15 is 0 Å². The van der Waals surface area contributed by atoms with Crippen LogP contribution in [0.4, 0.5) is 0 Å². The molecule has 1 N–H and O–H groups in total. The Hall–Kier alpha value is -1.10. The summed E-state index contributed by atoms with van der Waals surface area (Å²) in [6.07, 6.45) is 8.03. The molecular weight excluding hydrogens is 236 g/mol. The van der Waals surface area contributed by atoms with Crippen LogP contribution >= 0.6 is 11.8 Å². The third-order valence-corrected chi connectivity index (χ3v) is 4.29. The van der Waals surface area contributed by atoms with Crippen LogP contribution in [-0.2, 0) is 5.75 Å². The standard InChI is InChI=1S/C12H16N2O2S/c15-12(16)10-6-7-13-11(14-10)8-17-9-4-2-1-3-5-9/h6-7,9H,1-5,8H2,(H,15,16). The van der Waals surface area contributed by atoms with Gasteiger partial charge in [-0.2, -0.15) is 11.8 Å². The average molecular weight is 252 g/mol. The minimum atomic E-state index is -0.990. The molecule has 0 radical (unpaired) electrons. The van der Waals surface area contributed by atoms with E-state index in [1.54, 1.807) is 0 Å². The molecule has 0 atom stereocenters. The lowest BCUT2D eigenvalue weighted by Crippen LogP contribution is -2.09. The van der Waals surface area contributed by atoms with Gasteiger partial charge in [0.2, 0.25) is 0 Å². The fraction of sp³-hybridized carbons (Fsp3) is 0.583. The summed E-state index contributed by atoms with van der Waals surface area (Å²) in [5.74, 6) is 0.350. The lowest BCUT2D eigenvalue weighted by molar-refractivity contribution is 0.0690. The maximum absolute atomic E-state index is 10.8. The Balaban J connectivity index is 1.89. The zero-order valence-electron chi connectivity index (χ0n) is 9.63. The van der Waals surface area contributed by atoms with Gasteiger partial charge in [0.15, 0.2) is 5.69 Å². The molecule has 1 aliphatic carbocycles. The summed E-state index contributed by atoms with van der Waals surface area (Å²) < 4.78 is 0. The molecule has 1 saturated carbocycles. The fourth-order valence-corrected chi connectivity index (χ4v) is 3.20. The van der Waals surface area contributed by atoms with Crippen molar-refractivity contribution in [3.8, 4) is 0 Å². The van der Waals surface area contributed by atoms with Crippen molar-refractivity contribution in [2.24, 2.45) is 0 Å². The molecule has 4 nitrogen and oxygen atoms in total. The van der Waals surface area contributed by atoms with E-state index in [4.69, 9.17) is 5.11 Å². The van der Waals surface area contributed by atoms with Crippen molar-refractivity contribution in [1.82, 2.24) is 9.97 Å². The molecule has 0 aromatic carbocycles. The Bertz CT molecular complexity index is 392. The van der Waals surface area contributed by atoms with Crippen molar-refractivity contribution < 1.29 is 9.90 Å². The number of carboxylic acid groups (broad SMARTS) is 1. The largest absolute Gasteiger partial charge is 0.477 e. The van der Waals surface area contributed by atoms with E-state index in [0.29, 0.717) is 16.8 Å². The number of hydrogen-bond donors (Lipinski definition) is 1. The van der Waals surface area contributed by atoms with Crippen molar-refractivity contribution in [3.63, 3.8) is 0 Å². The first-order valence-electron chi connectivity index (χ1n) is 5.92. The minimum Gasteiger partial charge on any atom is -0.477 e. The van der Waals surface area contributed by atoms with E-state index < -0.39 is 5.97 Å². The number of nitrogens with zero attached hydrogens (tertiary/aromatic N) is 2. The fourth-order valence-electron chi connectivity index (χ4n) is 2.01. The van der Waals surface area contributed by atoms with E-state index in [-0.39, 0.29) is 5.69 Å². The van der Waals surface area contributed by atoms with E-state index in [9.17, 15) is 4.79 Å². The predicted octanol–water partition coefficient (Wildman–Crippen LogP) is 2.74. The van der Waals surface area contributed by atoms with E-state index in [2.05, 4.69) is 9.97 Å². The Morgan fingerprint density at radius 1 is 1.41 bits per heavy atom. The lowest BCUT2D eigenvalue weighted by Gasteiger charge is -2.20. The highest BCUT2D eigenvalue weighted by Gasteiger charge is 2.14.